The number of aromatic nitrogens is 3. The first kappa shape index (κ1) is 21.9. The van der Waals surface area contributed by atoms with Crippen LogP contribution in [0.3, 0.4) is 0 Å². The molecule has 28 heavy (non-hydrogen) atoms. The van der Waals surface area contributed by atoms with Gasteiger partial charge in [-0.2, -0.15) is 0 Å². The minimum atomic E-state index is 0. The average molecular weight is 494 g/mol. The highest BCUT2D eigenvalue weighted by atomic mass is 127. The van der Waals surface area contributed by atoms with Crippen LogP contribution in [0.5, 0.6) is 5.75 Å². The molecule has 0 saturated carbocycles. The van der Waals surface area contributed by atoms with Crippen molar-refractivity contribution in [3.63, 3.8) is 0 Å². The molecule has 2 N–H and O–H groups in total. The lowest BCUT2D eigenvalue weighted by Crippen LogP contribution is -2.39. The summed E-state index contributed by atoms with van der Waals surface area (Å²) in [6.07, 6.45) is 1.94. The first-order chi connectivity index (χ1) is 13.2. The molecule has 3 aromatic rings. The van der Waals surface area contributed by atoms with E-state index in [0.717, 1.165) is 29.7 Å². The van der Waals surface area contributed by atoms with Crippen LogP contribution in [0.1, 0.15) is 23.9 Å². The fourth-order valence-electron chi connectivity index (χ4n) is 2.84. The van der Waals surface area contributed by atoms with Crippen LogP contribution in [0.15, 0.2) is 47.6 Å². The van der Waals surface area contributed by atoms with Gasteiger partial charge >= 0.3 is 0 Å². The molecule has 0 atom stereocenters. The standard InChI is InChI=1S/C20H26N6O.HI/c1-4-21-20(22-8-10-27-17-12-15(2)11-16(3)13-17)23-14-19-25-24-18-7-5-6-9-26(18)19;/h5-7,9,11-13H,4,8,10,14H2,1-3H3,(H2,21,22,23);1H. The molecule has 0 aliphatic heterocycles. The van der Waals surface area contributed by atoms with E-state index >= 15 is 0 Å². The van der Waals surface area contributed by atoms with Crippen LogP contribution in [0.4, 0.5) is 0 Å². The van der Waals surface area contributed by atoms with Crippen LogP contribution in [0.25, 0.3) is 5.65 Å². The number of nitrogens with zero attached hydrogens (tertiary/aromatic N) is 4. The third-order valence-electron chi connectivity index (χ3n) is 3.97. The highest BCUT2D eigenvalue weighted by molar-refractivity contribution is 14.0. The molecule has 0 spiro atoms. The number of benzene rings is 1. The summed E-state index contributed by atoms with van der Waals surface area (Å²) >= 11 is 0. The Kier molecular flexibility index (Phi) is 8.49. The Hall–Kier alpha value is -2.36. The smallest absolute Gasteiger partial charge is 0.191 e. The summed E-state index contributed by atoms with van der Waals surface area (Å²) in [7, 11) is 0. The lowest BCUT2D eigenvalue weighted by Gasteiger charge is -2.12. The van der Waals surface area contributed by atoms with E-state index in [0.29, 0.717) is 19.7 Å². The zero-order valence-corrected chi connectivity index (χ0v) is 18.8. The van der Waals surface area contributed by atoms with Crippen LogP contribution in [-0.4, -0.2) is 40.3 Å². The number of guanidine groups is 1. The van der Waals surface area contributed by atoms with E-state index < -0.39 is 0 Å². The lowest BCUT2D eigenvalue weighted by molar-refractivity contribution is 0.321. The summed E-state index contributed by atoms with van der Waals surface area (Å²) in [5.74, 6) is 2.43. The SMILES string of the molecule is CCNC(=NCc1nnc2ccccn12)NCCOc1cc(C)cc(C)c1.I. The number of rotatable bonds is 7. The Morgan fingerprint density at radius 3 is 2.64 bits per heavy atom. The zero-order chi connectivity index (χ0) is 19.1. The Morgan fingerprint density at radius 2 is 1.89 bits per heavy atom. The van der Waals surface area contributed by atoms with Crippen molar-refractivity contribution in [2.24, 2.45) is 4.99 Å². The first-order valence-electron chi connectivity index (χ1n) is 9.17. The van der Waals surface area contributed by atoms with E-state index in [1.807, 2.05) is 47.9 Å². The van der Waals surface area contributed by atoms with Crippen molar-refractivity contribution in [3.05, 3.63) is 59.5 Å². The van der Waals surface area contributed by atoms with Gasteiger partial charge in [0.1, 0.15) is 18.9 Å². The van der Waals surface area contributed by atoms with Gasteiger partial charge in [-0.15, -0.1) is 34.2 Å². The Bertz CT molecular complexity index is 904. The molecule has 0 saturated heterocycles. The van der Waals surface area contributed by atoms with E-state index in [9.17, 15) is 0 Å². The molecule has 150 valence electrons. The van der Waals surface area contributed by atoms with E-state index in [-0.39, 0.29) is 24.0 Å². The second-order valence-electron chi connectivity index (χ2n) is 6.34. The second kappa shape index (κ2) is 10.8. The molecule has 2 aromatic heterocycles. The number of halogens is 1. The predicted molar refractivity (Wildman–Crippen MR) is 123 cm³/mol. The summed E-state index contributed by atoms with van der Waals surface area (Å²) < 4.78 is 7.77. The Morgan fingerprint density at radius 1 is 1.11 bits per heavy atom. The molecule has 0 aliphatic rings. The molecule has 0 aliphatic carbocycles. The van der Waals surface area contributed by atoms with Gasteiger partial charge in [0.05, 0.1) is 6.54 Å². The number of ether oxygens (including phenoxy) is 1. The van der Waals surface area contributed by atoms with E-state index in [1.165, 1.54) is 11.1 Å². The van der Waals surface area contributed by atoms with Crippen LogP contribution in [0.2, 0.25) is 0 Å². The first-order valence-corrected chi connectivity index (χ1v) is 9.17. The van der Waals surface area contributed by atoms with Gasteiger partial charge < -0.3 is 15.4 Å². The third-order valence-corrected chi connectivity index (χ3v) is 3.97. The lowest BCUT2D eigenvalue weighted by atomic mass is 10.1. The van der Waals surface area contributed by atoms with Crippen molar-refractivity contribution < 1.29 is 4.74 Å². The molecular formula is C20H27IN6O. The van der Waals surface area contributed by atoms with Crippen molar-refractivity contribution in [3.8, 4) is 5.75 Å². The molecule has 7 nitrogen and oxygen atoms in total. The largest absolute Gasteiger partial charge is 0.492 e. The number of aryl methyl sites for hydroxylation is 2. The molecular weight excluding hydrogens is 467 g/mol. The minimum absolute atomic E-state index is 0. The number of pyridine rings is 1. The summed E-state index contributed by atoms with van der Waals surface area (Å²) in [6, 6.07) is 12.0. The maximum absolute atomic E-state index is 5.83. The summed E-state index contributed by atoms with van der Waals surface area (Å²) in [5.41, 5.74) is 3.23. The zero-order valence-electron chi connectivity index (χ0n) is 16.5. The summed E-state index contributed by atoms with van der Waals surface area (Å²) in [6.45, 7) is 8.61. The topological polar surface area (TPSA) is 75.8 Å². The van der Waals surface area contributed by atoms with Crippen LogP contribution in [-0.2, 0) is 6.54 Å². The number of hydrogen-bond donors (Lipinski definition) is 2. The minimum Gasteiger partial charge on any atom is -0.492 e. The fourth-order valence-corrected chi connectivity index (χ4v) is 2.84. The van der Waals surface area contributed by atoms with Gasteiger partial charge in [-0.25, -0.2) is 4.99 Å². The molecule has 1 aromatic carbocycles. The maximum atomic E-state index is 5.83. The van der Waals surface area contributed by atoms with Crippen LogP contribution in [0, 0.1) is 13.8 Å². The van der Waals surface area contributed by atoms with Gasteiger partial charge in [0, 0.05) is 12.7 Å². The molecule has 2 heterocycles. The van der Waals surface area contributed by atoms with Gasteiger partial charge in [0.25, 0.3) is 0 Å². The van der Waals surface area contributed by atoms with Gasteiger partial charge in [-0.3, -0.25) is 4.40 Å². The fraction of sp³-hybridized carbons (Fsp3) is 0.350. The highest BCUT2D eigenvalue weighted by Gasteiger charge is 2.04. The number of nitrogens with one attached hydrogen (secondary N) is 2. The highest BCUT2D eigenvalue weighted by Crippen LogP contribution is 2.15. The predicted octanol–water partition coefficient (Wildman–Crippen LogP) is 3.10. The van der Waals surface area contributed by atoms with E-state index in [1.54, 1.807) is 0 Å². The number of hydrogen-bond acceptors (Lipinski definition) is 4. The van der Waals surface area contributed by atoms with Crippen molar-refractivity contribution >= 4 is 35.6 Å². The molecule has 0 radical (unpaired) electrons. The molecule has 8 heteroatoms. The molecule has 3 rings (SSSR count). The summed E-state index contributed by atoms with van der Waals surface area (Å²) in [4.78, 5) is 4.59. The van der Waals surface area contributed by atoms with E-state index in [2.05, 4.69) is 45.7 Å². The Labute approximate surface area is 182 Å². The van der Waals surface area contributed by atoms with Gasteiger partial charge in [0.2, 0.25) is 0 Å². The van der Waals surface area contributed by atoms with Crippen LogP contribution >= 0.6 is 24.0 Å². The molecule has 0 fully saturated rings. The molecule has 0 amide bonds. The van der Waals surface area contributed by atoms with E-state index in [4.69, 9.17) is 4.74 Å². The third kappa shape index (κ3) is 6.08. The average Bonchev–Trinajstić information content (AvgIpc) is 3.05. The van der Waals surface area contributed by atoms with Gasteiger partial charge in [0.15, 0.2) is 17.4 Å². The van der Waals surface area contributed by atoms with Crippen molar-refractivity contribution in [2.75, 3.05) is 19.7 Å². The maximum Gasteiger partial charge on any atom is 0.191 e. The van der Waals surface area contributed by atoms with Crippen molar-refractivity contribution in [1.82, 2.24) is 25.2 Å². The number of fused-ring (bicyclic) bond motifs is 1. The van der Waals surface area contributed by atoms with Gasteiger partial charge in [-0.05, 0) is 56.2 Å². The monoisotopic (exact) mass is 494 g/mol. The van der Waals surface area contributed by atoms with Crippen LogP contribution < -0.4 is 15.4 Å². The quantitative estimate of drug-likeness (QED) is 0.229. The van der Waals surface area contributed by atoms with Crippen molar-refractivity contribution in [2.45, 2.75) is 27.3 Å². The molecule has 0 unspecified atom stereocenters. The second-order valence-corrected chi connectivity index (χ2v) is 6.34. The number of aliphatic imine (C=N–C) groups is 1. The van der Waals surface area contributed by atoms with Crippen molar-refractivity contribution in [1.29, 1.82) is 0 Å². The Balaban J connectivity index is 0.00000280. The normalized spacial score (nSPS) is 11.2. The molecule has 0 bridgehead atoms. The van der Waals surface area contributed by atoms with Gasteiger partial charge in [-0.1, -0.05) is 12.1 Å². The summed E-state index contributed by atoms with van der Waals surface area (Å²) in [5, 5.41) is 14.9.